The van der Waals surface area contributed by atoms with Gasteiger partial charge < -0.3 is 15.6 Å². The van der Waals surface area contributed by atoms with Crippen molar-refractivity contribution in [1.29, 1.82) is 0 Å². The zero-order valence-electron chi connectivity index (χ0n) is 15.7. The molecule has 0 radical (unpaired) electrons. The molecule has 0 atom stereocenters. The Morgan fingerprint density at radius 2 is 1.97 bits per heavy atom. The predicted octanol–water partition coefficient (Wildman–Crippen LogP) is 5.42. The maximum absolute atomic E-state index is 15.1. The van der Waals surface area contributed by atoms with Gasteiger partial charge in [0.2, 0.25) is 0 Å². The summed E-state index contributed by atoms with van der Waals surface area (Å²) in [5.41, 5.74) is -0.291. The third-order valence-corrected chi connectivity index (χ3v) is 4.72. The lowest BCUT2D eigenvalue weighted by Crippen LogP contribution is -2.19. The molecule has 2 aromatic carbocycles. The topological polar surface area (TPSA) is 87.6 Å². The molecule has 4 aromatic rings. The monoisotopic (exact) mass is 452 g/mol. The number of nitrogens with zero attached hydrogens (tertiary/aromatic N) is 3. The number of halogens is 5. The van der Waals surface area contributed by atoms with E-state index in [1.165, 1.54) is 23.3 Å². The van der Waals surface area contributed by atoms with Gasteiger partial charge in [0.25, 0.3) is 0 Å². The van der Waals surface area contributed by atoms with Gasteiger partial charge in [-0.05, 0) is 30.3 Å². The third-order valence-electron chi connectivity index (χ3n) is 4.40. The molecular weight excluding hydrogens is 440 g/mol. The van der Waals surface area contributed by atoms with Gasteiger partial charge in [-0.1, -0.05) is 11.6 Å². The smallest absolute Gasteiger partial charge is 0.359 e. The summed E-state index contributed by atoms with van der Waals surface area (Å²) >= 11 is 5.66. The lowest BCUT2D eigenvalue weighted by Gasteiger charge is -2.11. The van der Waals surface area contributed by atoms with Gasteiger partial charge in [-0.15, -0.1) is 0 Å². The minimum absolute atomic E-state index is 0.0363. The first kappa shape index (κ1) is 20.7. The number of urea groups is 1. The Bertz CT molecular complexity index is 1300. The number of amides is 2. The van der Waals surface area contributed by atoms with E-state index in [-0.39, 0.29) is 28.1 Å². The average Bonchev–Trinajstić information content (AvgIpc) is 3.28. The van der Waals surface area contributed by atoms with Crippen LogP contribution in [0.4, 0.5) is 33.7 Å². The molecule has 0 aliphatic carbocycles. The molecule has 160 valence electrons. The second-order valence-electron chi connectivity index (χ2n) is 6.57. The molecule has 2 heterocycles. The first-order chi connectivity index (χ1) is 14.6. The summed E-state index contributed by atoms with van der Waals surface area (Å²) in [4.78, 5) is 19.2. The molecule has 0 aliphatic rings. The number of carbonyl (C=O) groups is 1. The molecular formula is C19H13ClF4N6O. The second kappa shape index (κ2) is 7.58. The van der Waals surface area contributed by atoms with E-state index in [9.17, 15) is 18.0 Å². The van der Waals surface area contributed by atoms with Crippen molar-refractivity contribution in [2.45, 2.75) is 6.18 Å². The van der Waals surface area contributed by atoms with E-state index in [4.69, 9.17) is 11.6 Å². The quantitative estimate of drug-likeness (QED) is 0.363. The van der Waals surface area contributed by atoms with Gasteiger partial charge in [0.15, 0.2) is 5.82 Å². The van der Waals surface area contributed by atoms with Crippen molar-refractivity contribution in [3.8, 4) is 11.4 Å². The molecule has 0 unspecified atom stereocenters. The molecule has 0 aliphatic heterocycles. The van der Waals surface area contributed by atoms with Crippen LogP contribution in [0.5, 0.6) is 0 Å². The summed E-state index contributed by atoms with van der Waals surface area (Å²) in [7, 11) is 1.65. The zero-order chi connectivity index (χ0) is 22.3. The van der Waals surface area contributed by atoms with Crippen molar-refractivity contribution in [3.05, 3.63) is 59.3 Å². The van der Waals surface area contributed by atoms with Gasteiger partial charge in [-0.2, -0.15) is 18.3 Å². The SMILES string of the molecule is Cn1cnc(-c2ccc3[nH]cc(NC(=O)Nc4ccc(C(F)(F)F)c(Cl)c4)c3c2F)n1. The average molecular weight is 453 g/mol. The number of rotatable bonds is 3. The molecule has 2 aromatic heterocycles. The van der Waals surface area contributed by atoms with E-state index < -0.39 is 28.6 Å². The number of alkyl halides is 3. The highest BCUT2D eigenvalue weighted by atomic mass is 35.5. The van der Waals surface area contributed by atoms with Crippen LogP contribution in [0.2, 0.25) is 5.02 Å². The molecule has 0 saturated carbocycles. The molecule has 0 saturated heterocycles. The largest absolute Gasteiger partial charge is 0.417 e. The number of carbonyl (C=O) groups excluding carboxylic acids is 1. The molecule has 0 fully saturated rings. The summed E-state index contributed by atoms with van der Waals surface area (Å²) in [5, 5.41) is 8.46. The van der Waals surface area contributed by atoms with Crippen LogP contribution in [0.1, 0.15) is 5.56 Å². The van der Waals surface area contributed by atoms with Crippen molar-refractivity contribution in [1.82, 2.24) is 19.7 Å². The van der Waals surface area contributed by atoms with E-state index in [2.05, 4.69) is 25.7 Å². The van der Waals surface area contributed by atoms with Crippen molar-refractivity contribution in [3.63, 3.8) is 0 Å². The van der Waals surface area contributed by atoms with Crippen molar-refractivity contribution in [2.75, 3.05) is 10.6 Å². The number of hydrogen-bond donors (Lipinski definition) is 3. The molecule has 31 heavy (non-hydrogen) atoms. The number of H-pyrrole nitrogens is 1. The van der Waals surface area contributed by atoms with Crippen molar-refractivity contribution < 1.29 is 22.4 Å². The van der Waals surface area contributed by atoms with Crippen LogP contribution in [0.25, 0.3) is 22.3 Å². The van der Waals surface area contributed by atoms with E-state index >= 15 is 4.39 Å². The zero-order valence-corrected chi connectivity index (χ0v) is 16.4. The standard InChI is InChI=1S/C19H13ClF4N6O/c1-30-8-26-17(29-30)10-3-5-13-15(16(10)21)14(7-25-13)28-18(31)27-9-2-4-11(12(20)6-9)19(22,23)24/h2-8,25H,1H3,(H2,27,28,31). The van der Waals surface area contributed by atoms with Gasteiger partial charge in [0, 0.05) is 18.9 Å². The number of benzene rings is 2. The maximum atomic E-state index is 15.1. The van der Waals surface area contributed by atoms with Crippen LogP contribution in [-0.2, 0) is 13.2 Å². The van der Waals surface area contributed by atoms with Crippen molar-refractivity contribution in [2.24, 2.45) is 7.05 Å². The number of nitrogens with one attached hydrogen (secondary N) is 3. The van der Waals surface area contributed by atoms with Crippen LogP contribution in [0.3, 0.4) is 0 Å². The van der Waals surface area contributed by atoms with Crippen LogP contribution in [0, 0.1) is 5.82 Å². The summed E-state index contributed by atoms with van der Waals surface area (Å²) in [6.45, 7) is 0. The van der Waals surface area contributed by atoms with Gasteiger partial charge in [0.05, 0.1) is 32.7 Å². The third kappa shape index (κ3) is 4.04. The molecule has 12 heteroatoms. The number of fused-ring (bicyclic) bond motifs is 1. The number of aryl methyl sites for hydroxylation is 1. The fourth-order valence-corrected chi connectivity index (χ4v) is 3.31. The summed E-state index contributed by atoms with van der Waals surface area (Å²) in [6.07, 6.45) is -1.79. The lowest BCUT2D eigenvalue weighted by atomic mass is 10.1. The molecule has 2 amide bonds. The van der Waals surface area contributed by atoms with Crippen LogP contribution in [0.15, 0.2) is 42.9 Å². The second-order valence-corrected chi connectivity index (χ2v) is 6.97. The van der Waals surface area contributed by atoms with Gasteiger partial charge in [-0.3, -0.25) is 4.68 Å². The predicted molar refractivity (Wildman–Crippen MR) is 107 cm³/mol. The molecule has 3 N–H and O–H groups in total. The van der Waals surface area contributed by atoms with E-state index in [0.29, 0.717) is 5.52 Å². The number of hydrogen-bond acceptors (Lipinski definition) is 3. The lowest BCUT2D eigenvalue weighted by molar-refractivity contribution is -0.137. The highest BCUT2D eigenvalue weighted by Crippen LogP contribution is 2.36. The Morgan fingerprint density at radius 1 is 1.19 bits per heavy atom. The Labute approximate surface area is 177 Å². The molecule has 7 nitrogen and oxygen atoms in total. The van der Waals surface area contributed by atoms with Crippen molar-refractivity contribution >= 4 is 39.9 Å². The van der Waals surface area contributed by atoms with E-state index in [1.807, 2.05) is 0 Å². The van der Waals surface area contributed by atoms with E-state index in [0.717, 1.165) is 18.2 Å². The Kier molecular flexibility index (Phi) is 5.05. The normalized spacial score (nSPS) is 11.7. The fourth-order valence-electron chi connectivity index (χ4n) is 3.02. The Balaban J connectivity index is 1.59. The Hall–Kier alpha value is -3.60. The fraction of sp³-hybridized carbons (Fsp3) is 0.105. The van der Waals surface area contributed by atoms with Gasteiger partial charge in [0.1, 0.15) is 12.1 Å². The van der Waals surface area contributed by atoms with E-state index in [1.54, 1.807) is 13.1 Å². The van der Waals surface area contributed by atoms with Crippen LogP contribution in [-0.4, -0.2) is 25.8 Å². The van der Waals surface area contributed by atoms with Gasteiger partial charge in [-0.25, -0.2) is 14.2 Å². The first-order valence-corrected chi connectivity index (χ1v) is 9.11. The molecule has 0 bridgehead atoms. The first-order valence-electron chi connectivity index (χ1n) is 8.74. The minimum atomic E-state index is -4.61. The maximum Gasteiger partial charge on any atom is 0.417 e. The number of aromatic nitrogens is 4. The molecule has 4 rings (SSSR count). The van der Waals surface area contributed by atoms with Crippen LogP contribution >= 0.6 is 11.6 Å². The summed E-state index contributed by atoms with van der Waals surface area (Å²) in [6, 6.07) is 5.13. The number of anilines is 2. The number of aromatic amines is 1. The minimum Gasteiger partial charge on any atom is -0.359 e. The van der Waals surface area contributed by atoms with Crippen LogP contribution < -0.4 is 10.6 Å². The molecule has 0 spiro atoms. The highest BCUT2D eigenvalue weighted by molar-refractivity contribution is 6.31. The highest BCUT2D eigenvalue weighted by Gasteiger charge is 2.33. The Morgan fingerprint density at radius 3 is 2.61 bits per heavy atom. The van der Waals surface area contributed by atoms with Gasteiger partial charge >= 0.3 is 12.2 Å². The summed E-state index contributed by atoms with van der Waals surface area (Å²) in [5.74, 6) is -0.462. The summed E-state index contributed by atoms with van der Waals surface area (Å²) < 4.78 is 55.0.